The second kappa shape index (κ2) is 5.88. The predicted molar refractivity (Wildman–Crippen MR) is 80.1 cm³/mol. The first kappa shape index (κ1) is 12.9. The zero-order valence-electron chi connectivity index (χ0n) is 11.2. The van der Waals surface area contributed by atoms with Crippen LogP contribution in [0.25, 0.3) is 11.3 Å². The number of thiazole rings is 1. The zero-order valence-corrected chi connectivity index (χ0v) is 12.0. The normalized spacial score (nSPS) is 10.7. The van der Waals surface area contributed by atoms with E-state index >= 15 is 0 Å². The van der Waals surface area contributed by atoms with Gasteiger partial charge < -0.3 is 4.74 Å². The van der Waals surface area contributed by atoms with E-state index in [0.717, 1.165) is 29.1 Å². The molecule has 3 aromatic rings. The highest BCUT2D eigenvalue weighted by Gasteiger charge is 2.03. The Morgan fingerprint density at radius 3 is 2.70 bits per heavy atom. The second-order valence-corrected chi connectivity index (χ2v) is 5.39. The van der Waals surface area contributed by atoms with Gasteiger partial charge in [-0.2, -0.15) is 5.10 Å². The Kier molecular flexibility index (Phi) is 3.78. The molecule has 0 saturated carbocycles. The number of hydrogen-bond donors (Lipinski definition) is 1. The van der Waals surface area contributed by atoms with Gasteiger partial charge in [-0.3, -0.25) is 5.10 Å². The van der Waals surface area contributed by atoms with Crippen molar-refractivity contribution in [2.45, 2.75) is 13.3 Å². The van der Waals surface area contributed by atoms with Crippen LogP contribution in [0.2, 0.25) is 0 Å². The number of rotatable bonds is 5. The topological polar surface area (TPSA) is 50.8 Å². The van der Waals surface area contributed by atoms with Crippen LogP contribution >= 0.6 is 11.3 Å². The first-order valence-corrected chi connectivity index (χ1v) is 7.32. The van der Waals surface area contributed by atoms with E-state index in [1.54, 1.807) is 17.5 Å². The molecular formula is C15H15N3OS. The molecule has 2 aromatic heterocycles. The van der Waals surface area contributed by atoms with Crippen molar-refractivity contribution in [3.63, 3.8) is 0 Å². The van der Waals surface area contributed by atoms with Gasteiger partial charge >= 0.3 is 0 Å². The van der Waals surface area contributed by atoms with Crippen LogP contribution in [0.15, 0.2) is 42.0 Å². The average Bonchev–Trinajstić information content (AvgIpc) is 3.12. The van der Waals surface area contributed by atoms with Crippen molar-refractivity contribution in [2.75, 3.05) is 6.61 Å². The fourth-order valence-electron chi connectivity index (χ4n) is 1.98. The lowest BCUT2D eigenvalue weighted by molar-refractivity contribution is 0.322. The summed E-state index contributed by atoms with van der Waals surface area (Å²) in [6, 6.07) is 9.97. The van der Waals surface area contributed by atoms with Gasteiger partial charge in [0.1, 0.15) is 5.75 Å². The van der Waals surface area contributed by atoms with Crippen molar-refractivity contribution in [3.8, 4) is 17.0 Å². The molecule has 0 fully saturated rings. The Morgan fingerprint density at radius 1 is 1.20 bits per heavy atom. The summed E-state index contributed by atoms with van der Waals surface area (Å²) < 4.78 is 5.76. The van der Waals surface area contributed by atoms with Gasteiger partial charge in [0.25, 0.3) is 0 Å². The quantitative estimate of drug-likeness (QED) is 0.781. The highest BCUT2D eigenvalue weighted by Crippen LogP contribution is 2.20. The lowest BCUT2D eigenvalue weighted by Gasteiger charge is -2.06. The third-order valence-electron chi connectivity index (χ3n) is 3.11. The van der Waals surface area contributed by atoms with Gasteiger partial charge in [0.2, 0.25) is 0 Å². The lowest BCUT2D eigenvalue weighted by Crippen LogP contribution is -2.01. The summed E-state index contributed by atoms with van der Waals surface area (Å²) in [4.78, 5) is 5.53. The van der Waals surface area contributed by atoms with Crippen LogP contribution in [0.1, 0.15) is 10.6 Å². The molecule has 20 heavy (non-hydrogen) atoms. The maximum Gasteiger partial charge on any atom is 0.119 e. The van der Waals surface area contributed by atoms with Crippen molar-refractivity contribution in [1.29, 1.82) is 0 Å². The van der Waals surface area contributed by atoms with E-state index in [-0.39, 0.29) is 0 Å². The summed E-state index contributed by atoms with van der Waals surface area (Å²) >= 11 is 1.68. The van der Waals surface area contributed by atoms with Crippen molar-refractivity contribution in [3.05, 3.63) is 52.6 Å². The predicted octanol–water partition coefficient (Wildman–Crippen LogP) is 3.46. The zero-order chi connectivity index (χ0) is 13.8. The first-order valence-electron chi connectivity index (χ1n) is 6.44. The monoisotopic (exact) mass is 285 g/mol. The Morgan fingerprint density at radius 2 is 2.05 bits per heavy atom. The Hall–Kier alpha value is -2.14. The Labute approximate surface area is 121 Å². The van der Waals surface area contributed by atoms with Crippen molar-refractivity contribution in [2.24, 2.45) is 0 Å². The van der Waals surface area contributed by atoms with Crippen LogP contribution in [0, 0.1) is 6.92 Å². The molecule has 0 unspecified atom stereocenters. The third kappa shape index (κ3) is 2.88. The van der Waals surface area contributed by atoms with Crippen LogP contribution in [0.3, 0.4) is 0 Å². The highest BCUT2D eigenvalue weighted by atomic mass is 32.1. The molecule has 0 aliphatic carbocycles. The summed E-state index contributed by atoms with van der Waals surface area (Å²) in [5, 5.41) is 6.89. The SMILES string of the molecule is Cc1ncsc1CCOc1ccc(-c2ccn[nH]2)cc1. The average molecular weight is 285 g/mol. The minimum Gasteiger partial charge on any atom is -0.493 e. The molecule has 5 heteroatoms. The van der Waals surface area contributed by atoms with E-state index in [1.807, 2.05) is 42.8 Å². The van der Waals surface area contributed by atoms with Crippen LogP contribution in [-0.4, -0.2) is 21.8 Å². The van der Waals surface area contributed by atoms with Gasteiger partial charge in [-0.05, 0) is 42.8 Å². The number of aromatic amines is 1. The molecule has 0 atom stereocenters. The molecule has 0 amide bonds. The molecule has 0 spiro atoms. The van der Waals surface area contributed by atoms with Gasteiger partial charge in [0.15, 0.2) is 0 Å². The van der Waals surface area contributed by atoms with Gasteiger partial charge in [-0.25, -0.2) is 4.98 Å². The van der Waals surface area contributed by atoms with E-state index in [0.29, 0.717) is 6.61 Å². The van der Waals surface area contributed by atoms with Crippen LogP contribution in [0.4, 0.5) is 0 Å². The number of nitrogens with zero attached hydrogens (tertiary/aromatic N) is 2. The number of H-pyrrole nitrogens is 1. The van der Waals surface area contributed by atoms with E-state index in [4.69, 9.17) is 4.74 Å². The molecule has 1 N–H and O–H groups in total. The first-order chi connectivity index (χ1) is 9.83. The molecule has 102 valence electrons. The van der Waals surface area contributed by atoms with Gasteiger partial charge in [-0.15, -0.1) is 11.3 Å². The Bertz CT molecular complexity index is 659. The molecule has 3 rings (SSSR count). The molecular weight excluding hydrogens is 270 g/mol. The molecule has 1 aromatic carbocycles. The number of hydrogen-bond acceptors (Lipinski definition) is 4. The van der Waals surface area contributed by atoms with E-state index in [1.165, 1.54) is 4.88 Å². The van der Waals surface area contributed by atoms with Crippen molar-refractivity contribution in [1.82, 2.24) is 15.2 Å². The van der Waals surface area contributed by atoms with E-state index in [9.17, 15) is 0 Å². The van der Waals surface area contributed by atoms with E-state index < -0.39 is 0 Å². The van der Waals surface area contributed by atoms with Crippen LogP contribution < -0.4 is 4.74 Å². The van der Waals surface area contributed by atoms with Gasteiger partial charge in [0.05, 0.1) is 23.5 Å². The molecule has 2 heterocycles. The number of ether oxygens (including phenoxy) is 1. The standard InChI is InChI=1S/C15H15N3OS/c1-11-15(20-10-16-11)7-9-19-13-4-2-12(3-5-13)14-6-8-17-18-14/h2-6,8,10H,7,9H2,1H3,(H,17,18). The largest absolute Gasteiger partial charge is 0.493 e. The fraction of sp³-hybridized carbons (Fsp3) is 0.200. The molecule has 0 radical (unpaired) electrons. The molecule has 0 aliphatic heterocycles. The minimum absolute atomic E-state index is 0.673. The number of aryl methyl sites for hydroxylation is 1. The molecule has 0 bridgehead atoms. The number of benzene rings is 1. The van der Waals surface area contributed by atoms with Gasteiger partial charge in [0, 0.05) is 17.5 Å². The molecule has 0 aliphatic rings. The fourth-order valence-corrected chi connectivity index (χ4v) is 2.74. The smallest absolute Gasteiger partial charge is 0.119 e. The summed E-state index contributed by atoms with van der Waals surface area (Å²) in [5.74, 6) is 0.885. The van der Waals surface area contributed by atoms with Gasteiger partial charge in [-0.1, -0.05) is 0 Å². The maximum absolute atomic E-state index is 5.76. The maximum atomic E-state index is 5.76. The number of aromatic nitrogens is 3. The van der Waals surface area contributed by atoms with E-state index in [2.05, 4.69) is 15.2 Å². The number of nitrogens with one attached hydrogen (secondary N) is 1. The lowest BCUT2D eigenvalue weighted by atomic mass is 10.1. The van der Waals surface area contributed by atoms with Crippen LogP contribution in [0.5, 0.6) is 5.75 Å². The summed E-state index contributed by atoms with van der Waals surface area (Å²) in [7, 11) is 0. The summed E-state index contributed by atoms with van der Waals surface area (Å²) in [6.07, 6.45) is 2.65. The Balaban J connectivity index is 1.57. The highest BCUT2D eigenvalue weighted by molar-refractivity contribution is 7.09. The molecule has 4 nitrogen and oxygen atoms in total. The van der Waals surface area contributed by atoms with Crippen molar-refractivity contribution < 1.29 is 4.74 Å². The summed E-state index contributed by atoms with van der Waals surface area (Å²) in [5.41, 5.74) is 5.10. The summed E-state index contributed by atoms with van der Waals surface area (Å²) in [6.45, 7) is 2.71. The molecule has 0 saturated heterocycles. The second-order valence-electron chi connectivity index (χ2n) is 4.45. The minimum atomic E-state index is 0.673. The third-order valence-corrected chi connectivity index (χ3v) is 4.10. The van der Waals surface area contributed by atoms with Crippen molar-refractivity contribution >= 4 is 11.3 Å². The van der Waals surface area contributed by atoms with Crippen LogP contribution in [-0.2, 0) is 6.42 Å².